The smallest absolute Gasteiger partial charge is 0.320 e. The van der Waals surface area contributed by atoms with Crippen molar-refractivity contribution in [2.75, 3.05) is 13.1 Å². The van der Waals surface area contributed by atoms with Crippen molar-refractivity contribution in [2.45, 2.75) is 31.7 Å². The van der Waals surface area contributed by atoms with Crippen LogP contribution >= 0.6 is 0 Å². The Morgan fingerprint density at radius 2 is 1.86 bits per heavy atom. The zero-order chi connectivity index (χ0) is 15.8. The van der Waals surface area contributed by atoms with Crippen molar-refractivity contribution in [2.24, 2.45) is 5.73 Å². The number of imide groups is 1. The third-order valence-electron chi connectivity index (χ3n) is 3.04. The van der Waals surface area contributed by atoms with Crippen molar-refractivity contribution in [1.29, 1.82) is 0 Å². The van der Waals surface area contributed by atoms with Crippen molar-refractivity contribution in [3.63, 3.8) is 0 Å². The zero-order valence-electron chi connectivity index (χ0n) is 11.6. The summed E-state index contributed by atoms with van der Waals surface area (Å²) in [6, 6.07) is -0.875. The second-order valence-corrected chi connectivity index (χ2v) is 4.70. The number of unbranched alkanes of at least 4 members (excludes halogenated alkanes) is 1. The number of nitrogens with two attached hydrogens (primary N) is 1. The summed E-state index contributed by atoms with van der Waals surface area (Å²) >= 11 is 0. The van der Waals surface area contributed by atoms with E-state index in [-0.39, 0.29) is 18.9 Å². The molecule has 0 spiro atoms. The van der Waals surface area contributed by atoms with Gasteiger partial charge in [0.2, 0.25) is 5.91 Å². The molecule has 0 saturated heterocycles. The molecule has 8 heteroatoms. The normalized spacial score (nSPS) is 15.4. The van der Waals surface area contributed by atoms with Crippen LogP contribution in [0.5, 0.6) is 0 Å². The van der Waals surface area contributed by atoms with Crippen molar-refractivity contribution >= 4 is 23.7 Å². The summed E-state index contributed by atoms with van der Waals surface area (Å²) in [5.74, 6) is -2.11. The van der Waals surface area contributed by atoms with Crippen LogP contribution in [-0.4, -0.2) is 52.8 Å². The summed E-state index contributed by atoms with van der Waals surface area (Å²) in [4.78, 5) is 45.5. The van der Waals surface area contributed by atoms with E-state index in [9.17, 15) is 19.2 Å². The molecule has 0 aromatic rings. The second-order valence-electron chi connectivity index (χ2n) is 4.70. The number of aliphatic carboxylic acids is 1. The van der Waals surface area contributed by atoms with Gasteiger partial charge in [-0.3, -0.25) is 24.1 Å². The van der Waals surface area contributed by atoms with Crippen molar-refractivity contribution in [3.05, 3.63) is 12.2 Å². The van der Waals surface area contributed by atoms with Gasteiger partial charge in [-0.2, -0.15) is 0 Å². The predicted octanol–water partition coefficient (Wildman–Crippen LogP) is -1.00. The number of amides is 3. The van der Waals surface area contributed by atoms with E-state index < -0.39 is 23.8 Å². The Bertz CT molecular complexity index is 443. The molecule has 1 aliphatic heterocycles. The molecule has 0 fully saturated rings. The molecular formula is C13H19N3O5. The van der Waals surface area contributed by atoms with Crippen LogP contribution in [0.4, 0.5) is 0 Å². The standard InChI is InChI=1S/C13H19N3O5/c14-9(13(20)21)3-1-2-7-15-10(17)6-8-16-11(18)4-5-12(16)19/h4-5,9H,1-3,6-8,14H2,(H,15,17)(H,20,21)/t9-/m0/s1. The quantitative estimate of drug-likeness (QED) is 0.370. The van der Waals surface area contributed by atoms with Gasteiger partial charge in [-0.05, 0) is 19.3 Å². The van der Waals surface area contributed by atoms with Gasteiger partial charge in [0.25, 0.3) is 11.8 Å². The van der Waals surface area contributed by atoms with Gasteiger partial charge < -0.3 is 16.2 Å². The molecule has 3 amide bonds. The largest absolute Gasteiger partial charge is 0.480 e. The average Bonchev–Trinajstić information content (AvgIpc) is 2.75. The third-order valence-corrected chi connectivity index (χ3v) is 3.04. The Balaban J connectivity index is 2.08. The number of carboxylic acids is 1. The minimum atomic E-state index is -1.03. The lowest BCUT2D eigenvalue weighted by molar-refractivity contribution is -0.139. The number of nitrogens with zero attached hydrogens (tertiary/aromatic N) is 1. The van der Waals surface area contributed by atoms with E-state index in [4.69, 9.17) is 10.8 Å². The average molecular weight is 297 g/mol. The molecule has 0 unspecified atom stereocenters. The van der Waals surface area contributed by atoms with E-state index in [0.29, 0.717) is 25.8 Å². The highest BCUT2D eigenvalue weighted by molar-refractivity contribution is 6.13. The monoisotopic (exact) mass is 297 g/mol. The highest BCUT2D eigenvalue weighted by Crippen LogP contribution is 2.04. The van der Waals surface area contributed by atoms with Crippen LogP contribution < -0.4 is 11.1 Å². The fourth-order valence-corrected chi connectivity index (χ4v) is 1.79. The molecule has 21 heavy (non-hydrogen) atoms. The summed E-state index contributed by atoms with van der Waals surface area (Å²) in [6.07, 6.45) is 3.97. The van der Waals surface area contributed by atoms with Gasteiger partial charge in [0.05, 0.1) is 0 Å². The predicted molar refractivity (Wildman–Crippen MR) is 72.9 cm³/mol. The first-order valence-electron chi connectivity index (χ1n) is 6.70. The summed E-state index contributed by atoms with van der Waals surface area (Å²) in [5.41, 5.74) is 5.34. The highest BCUT2D eigenvalue weighted by atomic mass is 16.4. The third kappa shape index (κ3) is 5.74. The van der Waals surface area contributed by atoms with Gasteiger partial charge in [-0.25, -0.2) is 0 Å². The van der Waals surface area contributed by atoms with Crippen molar-refractivity contribution < 1.29 is 24.3 Å². The van der Waals surface area contributed by atoms with Crippen LogP contribution in [0, 0.1) is 0 Å². The Hall–Kier alpha value is -2.22. The number of hydrogen-bond donors (Lipinski definition) is 3. The molecule has 0 aromatic heterocycles. The lowest BCUT2D eigenvalue weighted by atomic mass is 10.1. The van der Waals surface area contributed by atoms with Gasteiger partial charge in [0.15, 0.2) is 0 Å². The Labute approximate surface area is 122 Å². The molecular weight excluding hydrogens is 278 g/mol. The summed E-state index contributed by atoms with van der Waals surface area (Å²) < 4.78 is 0. The van der Waals surface area contributed by atoms with E-state index in [2.05, 4.69) is 5.32 Å². The fourth-order valence-electron chi connectivity index (χ4n) is 1.79. The van der Waals surface area contributed by atoms with E-state index in [0.717, 1.165) is 4.90 Å². The number of carbonyl (C=O) groups is 4. The Morgan fingerprint density at radius 3 is 2.43 bits per heavy atom. The molecule has 1 aliphatic rings. The fraction of sp³-hybridized carbons (Fsp3) is 0.538. The maximum atomic E-state index is 11.5. The van der Waals surface area contributed by atoms with Gasteiger partial charge in [0, 0.05) is 31.7 Å². The van der Waals surface area contributed by atoms with Gasteiger partial charge in [0.1, 0.15) is 6.04 Å². The lowest BCUT2D eigenvalue weighted by Crippen LogP contribution is -2.35. The zero-order valence-corrected chi connectivity index (χ0v) is 11.6. The minimum Gasteiger partial charge on any atom is -0.480 e. The molecule has 1 rings (SSSR count). The van der Waals surface area contributed by atoms with Crippen LogP contribution in [0.25, 0.3) is 0 Å². The molecule has 0 aliphatic carbocycles. The number of rotatable bonds is 9. The van der Waals surface area contributed by atoms with E-state index in [1.807, 2.05) is 0 Å². The summed E-state index contributed by atoms with van der Waals surface area (Å²) in [7, 11) is 0. The molecule has 0 aromatic carbocycles. The Morgan fingerprint density at radius 1 is 1.24 bits per heavy atom. The first-order valence-corrected chi connectivity index (χ1v) is 6.70. The SMILES string of the molecule is N[C@@H](CCCCNC(=O)CCN1C(=O)C=CC1=O)C(=O)O. The number of carboxylic acid groups (broad SMARTS) is 1. The molecule has 0 radical (unpaired) electrons. The van der Waals surface area contributed by atoms with Crippen LogP contribution in [0.3, 0.4) is 0 Å². The Kier molecular flexibility index (Phi) is 6.54. The van der Waals surface area contributed by atoms with Crippen molar-refractivity contribution in [1.82, 2.24) is 10.2 Å². The van der Waals surface area contributed by atoms with Crippen LogP contribution in [0.15, 0.2) is 12.2 Å². The summed E-state index contributed by atoms with van der Waals surface area (Å²) in [5, 5.41) is 11.2. The second kappa shape index (κ2) is 8.15. The molecule has 0 bridgehead atoms. The first kappa shape index (κ1) is 16.8. The van der Waals surface area contributed by atoms with Crippen LogP contribution in [-0.2, 0) is 19.2 Å². The molecule has 4 N–H and O–H groups in total. The topological polar surface area (TPSA) is 130 Å². The minimum absolute atomic E-state index is 0.0494. The molecule has 1 heterocycles. The van der Waals surface area contributed by atoms with Gasteiger partial charge >= 0.3 is 5.97 Å². The van der Waals surface area contributed by atoms with Gasteiger partial charge in [-0.1, -0.05) is 0 Å². The molecule has 116 valence electrons. The van der Waals surface area contributed by atoms with E-state index >= 15 is 0 Å². The van der Waals surface area contributed by atoms with Crippen LogP contribution in [0.1, 0.15) is 25.7 Å². The first-order chi connectivity index (χ1) is 9.91. The van der Waals surface area contributed by atoms with E-state index in [1.165, 1.54) is 12.2 Å². The summed E-state index contributed by atoms with van der Waals surface area (Å²) in [6.45, 7) is 0.464. The number of carbonyl (C=O) groups excluding carboxylic acids is 3. The number of hydrogen-bond acceptors (Lipinski definition) is 5. The van der Waals surface area contributed by atoms with Crippen molar-refractivity contribution in [3.8, 4) is 0 Å². The van der Waals surface area contributed by atoms with Gasteiger partial charge in [-0.15, -0.1) is 0 Å². The molecule has 8 nitrogen and oxygen atoms in total. The maximum absolute atomic E-state index is 11.5. The molecule has 1 atom stereocenters. The number of nitrogens with one attached hydrogen (secondary N) is 1. The maximum Gasteiger partial charge on any atom is 0.320 e. The van der Waals surface area contributed by atoms with Crippen LogP contribution in [0.2, 0.25) is 0 Å². The molecule has 0 saturated carbocycles. The lowest BCUT2D eigenvalue weighted by Gasteiger charge is -2.13. The van der Waals surface area contributed by atoms with E-state index in [1.54, 1.807) is 0 Å². The highest BCUT2D eigenvalue weighted by Gasteiger charge is 2.23.